The van der Waals surface area contributed by atoms with Crippen molar-refractivity contribution in [1.82, 2.24) is 25.1 Å². The number of likely N-dealkylation sites (tertiary alicyclic amines) is 1. The molecule has 1 saturated carbocycles. The average Bonchev–Trinajstić information content (AvgIpc) is 3.25. The van der Waals surface area contributed by atoms with Crippen molar-refractivity contribution >= 4 is 11.9 Å². The molecule has 2 aliphatic heterocycles. The molecular weight excluding hydrogens is 378 g/mol. The molecule has 7 nitrogen and oxygen atoms in total. The predicted octanol–water partition coefficient (Wildman–Crippen LogP) is 2.37. The largest absolute Gasteiger partial charge is 0.342 e. The van der Waals surface area contributed by atoms with Crippen LogP contribution in [0, 0.1) is 11.3 Å². The summed E-state index contributed by atoms with van der Waals surface area (Å²) in [5.74, 6) is 0.732. The summed E-state index contributed by atoms with van der Waals surface area (Å²) >= 11 is 0. The van der Waals surface area contributed by atoms with Crippen LogP contribution in [-0.4, -0.2) is 51.3 Å². The van der Waals surface area contributed by atoms with Gasteiger partial charge in [-0.2, -0.15) is 0 Å². The average molecular weight is 406 g/mol. The topological polar surface area (TPSA) is 78.4 Å². The number of hydrogen-bond acceptors (Lipinski definition) is 4. The molecule has 30 heavy (non-hydrogen) atoms. The van der Waals surface area contributed by atoms with E-state index in [0.717, 1.165) is 50.0 Å². The van der Waals surface area contributed by atoms with Gasteiger partial charge < -0.3 is 15.1 Å². The lowest BCUT2D eigenvalue weighted by atomic mass is 9.90. The molecule has 2 fully saturated rings. The Bertz CT molecular complexity index is 915. The number of hydrogen-bond donors (Lipinski definition) is 1. The standard InChI is InChI=1S/C23H27N5O2/c29-21(11-17-1-6-24-7-2-17)27-9-4-23(5-10-27)12-20(23)14-26-22(30)28-15-18-3-8-25-13-19(18)16-28/h1-3,6-8,13,20H,4-5,9-12,14-16H2,(H,26,30). The Morgan fingerprint density at radius 3 is 2.50 bits per heavy atom. The summed E-state index contributed by atoms with van der Waals surface area (Å²) in [4.78, 5) is 37.1. The second kappa shape index (κ2) is 7.70. The van der Waals surface area contributed by atoms with Crippen LogP contribution in [0.5, 0.6) is 0 Å². The van der Waals surface area contributed by atoms with E-state index in [1.165, 1.54) is 5.56 Å². The third-order valence-corrected chi connectivity index (χ3v) is 7.09. The van der Waals surface area contributed by atoms with Gasteiger partial charge in [-0.1, -0.05) is 0 Å². The van der Waals surface area contributed by atoms with Crippen LogP contribution in [0.1, 0.15) is 36.0 Å². The van der Waals surface area contributed by atoms with Gasteiger partial charge in [0.15, 0.2) is 0 Å². The van der Waals surface area contributed by atoms with Gasteiger partial charge in [0.1, 0.15) is 0 Å². The highest BCUT2D eigenvalue weighted by Gasteiger charge is 2.54. The first-order valence-electron chi connectivity index (χ1n) is 10.7. The number of piperidine rings is 1. The van der Waals surface area contributed by atoms with Crippen LogP contribution >= 0.6 is 0 Å². The van der Waals surface area contributed by atoms with Crippen LogP contribution in [0.4, 0.5) is 4.79 Å². The Hall–Kier alpha value is -2.96. The van der Waals surface area contributed by atoms with Crippen molar-refractivity contribution < 1.29 is 9.59 Å². The first kappa shape index (κ1) is 19.0. The molecule has 1 atom stereocenters. The first-order chi connectivity index (χ1) is 14.6. The second-order valence-corrected chi connectivity index (χ2v) is 8.86. The van der Waals surface area contributed by atoms with Crippen molar-refractivity contribution in [1.29, 1.82) is 0 Å². The number of rotatable bonds is 4. The number of carbonyl (C=O) groups is 2. The summed E-state index contributed by atoms with van der Waals surface area (Å²) in [5, 5.41) is 3.14. The minimum Gasteiger partial charge on any atom is -0.342 e. The third kappa shape index (κ3) is 3.76. The van der Waals surface area contributed by atoms with Crippen LogP contribution in [0.25, 0.3) is 0 Å². The highest BCUT2D eigenvalue weighted by Crippen LogP contribution is 2.59. The van der Waals surface area contributed by atoms with E-state index < -0.39 is 0 Å². The smallest absolute Gasteiger partial charge is 0.318 e. The molecule has 1 aliphatic carbocycles. The number of carbonyl (C=O) groups excluding carboxylic acids is 2. The van der Waals surface area contributed by atoms with E-state index in [4.69, 9.17) is 0 Å². The molecule has 1 saturated heterocycles. The van der Waals surface area contributed by atoms with E-state index >= 15 is 0 Å². The second-order valence-electron chi connectivity index (χ2n) is 8.86. The van der Waals surface area contributed by atoms with Crippen molar-refractivity contribution in [3.8, 4) is 0 Å². The van der Waals surface area contributed by atoms with Gasteiger partial charge in [0.2, 0.25) is 5.91 Å². The van der Waals surface area contributed by atoms with Gasteiger partial charge in [0.25, 0.3) is 0 Å². The lowest BCUT2D eigenvalue weighted by Gasteiger charge is -2.33. The van der Waals surface area contributed by atoms with Crippen LogP contribution < -0.4 is 5.32 Å². The normalized spacial score (nSPS) is 21.4. The molecule has 0 aromatic carbocycles. The Kier molecular flexibility index (Phi) is 4.89. The zero-order valence-corrected chi connectivity index (χ0v) is 17.1. The first-order valence-corrected chi connectivity index (χ1v) is 10.7. The summed E-state index contributed by atoms with van der Waals surface area (Å²) in [6.07, 6.45) is 10.8. The number of fused-ring (bicyclic) bond motifs is 1. The van der Waals surface area contributed by atoms with E-state index in [1.807, 2.05) is 34.2 Å². The molecule has 0 radical (unpaired) electrons. The molecule has 1 N–H and O–H groups in total. The summed E-state index contributed by atoms with van der Waals surface area (Å²) in [5.41, 5.74) is 3.66. The monoisotopic (exact) mass is 405 g/mol. The lowest BCUT2D eigenvalue weighted by Crippen LogP contribution is -2.41. The van der Waals surface area contributed by atoms with Gasteiger partial charge in [-0.05, 0) is 65.5 Å². The molecule has 156 valence electrons. The zero-order chi connectivity index (χ0) is 20.6. The van der Waals surface area contributed by atoms with Crippen molar-refractivity contribution in [2.45, 2.75) is 38.8 Å². The molecule has 7 heteroatoms. The minimum atomic E-state index is 0.0122. The van der Waals surface area contributed by atoms with Gasteiger partial charge in [-0.25, -0.2) is 4.79 Å². The zero-order valence-electron chi connectivity index (χ0n) is 17.1. The molecule has 0 bridgehead atoms. The SMILES string of the molecule is O=C(Cc1ccncc1)N1CCC2(CC1)CC2CNC(=O)N1Cc2ccncc2C1. The molecular formula is C23H27N5O2. The van der Waals surface area contributed by atoms with Crippen molar-refractivity contribution in [3.05, 3.63) is 59.7 Å². The molecule has 1 unspecified atom stereocenters. The maximum atomic E-state index is 12.6. The van der Waals surface area contributed by atoms with Crippen LogP contribution in [0.15, 0.2) is 43.0 Å². The van der Waals surface area contributed by atoms with Crippen LogP contribution in [0.3, 0.4) is 0 Å². The minimum absolute atomic E-state index is 0.0122. The molecule has 1 spiro atoms. The fourth-order valence-electron chi connectivity index (χ4n) is 5.01. The van der Waals surface area contributed by atoms with Gasteiger partial charge in [-0.15, -0.1) is 0 Å². The molecule has 3 aliphatic rings. The Morgan fingerprint density at radius 1 is 1.00 bits per heavy atom. The third-order valence-electron chi connectivity index (χ3n) is 7.09. The number of aromatic nitrogens is 2. The van der Waals surface area contributed by atoms with Gasteiger partial charge in [0, 0.05) is 57.5 Å². The molecule has 2 aromatic rings. The summed E-state index contributed by atoms with van der Waals surface area (Å²) in [6.45, 7) is 3.67. The van der Waals surface area contributed by atoms with Crippen LogP contribution in [0.2, 0.25) is 0 Å². The number of pyridine rings is 2. The van der Waals surface area contributed by atoms with Crippen LogP contribution in [-0.2, 0) is 24.3 Å². The highest BCUT2D eigenvalue weighted by atomic mass is 16.2. The van der Waals surface area contributed by atoms with Crippen molar-refractivity contribution in [3.63, 3.8) is 0 Å². The van der Waals surface area contributed by atoms with E-state index in [1.54, 1.807) is 18.6 Å². The molecule has 4 heterocycles. The van der Waals surface area contributed by atoms with E-state index in [0.29, 0.717) is 30.8 Å². The molecule has 5 rings (SSSR count). The van der Waals surface area contributed by atoms with E-state index in [9.17, 15) is 9.59 Å². The van der Waals surface area contributed by atoms with E-state index in [2.05, 4.69) is 15.3 Å². The maximum absolute atomic E-state index is 12.6. The summed E-state index contributed by atoms with van der Waals surface area (Å²) in [7, 11) is 0. The van der Waals surface area contributed by atoms with E-state index in [-0.39, 0.29) is 11.9 Å². The van der Waals surface area contributed by atoms with Crippen molar-refractivity contribution in [2.75, 3.05) is 19.6 Å². The number of nitrogens with one attached hydrogen (secondary N) is 1. The Labute approximate surface area is 176 Å². The van der Waals surface area contributed by atoms with Gasteiger partial charge in [-0.3, -0.25) is 14.8 Å². The van der Waals surface area contributed by atoms with Gasteiger partial charge in [0.05, 0.1) is 6.42 Å². The number of urea groups is 1. The fourth-order valence-corrected chi connectivity index (χ4v) is 5.01. The fraction of sp³-hybridized carbons (Fsp3) is 0.478. The number of nitrogens with zero attached hydrogens (tertiary/aromatic N) is 4. The Morgan fingerprint density at radius 2 is 1.73 bits per heavy atom. The highest BCUT2D eigenvalue weighted by molar-refractivity contribution is 5.79. The molecule has 2 aromatic heterocycles. The Balaban J connectivity index is 1.06. The quantitative estimate of drug-likeness (QED) is 0.847. The summed E-state index contributed by atoms with van der Waals surface area (Å²) in [6, 6.07) is 5.80. The lowest BCUT2D eigenvalue weighted by molar-refractivity contribution is -0.132. The summed E-state index contributed by atoms with van der Waals surface area (Å²) < 4.78 is 0. The van der Waals surface area contributed by atoms with Gasteiger partial charge >= 0.3 is 6.03 Å². The maximum Gasteiger partial charge on any atom is 0.318 e. The van der Waals surface area contributed by atoms with Crippen molar-refractivity contribution in [2.24, 2.45) is 11.3 Å². The molecule has 3 amide bonds. The number of amides is 3. The predicted molar refractivity (Wildman–Crippen MR) is 111 cm³/mol.